The van der Waals surface area contributed by atoms with Crippen LogP contribution < -0.4 is 5.32 Å². The van der Waals surface area contributed by atoms with E-state index in [1.807, 2.05) is 0 Å². The Bertz CT molecular complexity index is 530. The molecule has 1 aromatic rings. The fourth-order valence-electron chi connectivity index (χ4n) is 2.60. The molecular weight excluding hydrogens is 282 g/mol. The fourth-order valence-corrected chi connectivity index (χ4v) is 2.60. The van der Waals surface area contributed by atoms with Gasteiger partial charge in [0.2, 0.25) is 0 Å². The lowest BCUT2D eigenvalue weighted by molar-refractivity contribution is -0.130. The summed E-state index contributed by atoms with van der Waals surface area (Å²) in [5.74, 6) is -0.428. The largest absolute Gasteiger partial charge is 0.448 e. The Hall–Kier alpha value is -1.98. The lowest BCUT2D eigenvalue weighted by Gasteiger charge is -2.30. The second-order valence-electron chi connectivity index (χ2n) is 5.97. The molecule has 1 amide bonds. The van der Waals surface area contributed by atoms with E-state index in [9.17, 15) is 9.59 Å². The van der Waals surface area contributed by atoms with Crippen LogP contribution in [0, 0.1) is 12.8 Å². The molecule has 0 bridgehead atoms. The Morgan fingerprint density at radius 3 is 2.64 bits per heavy atom. The summed E-state index contributed by atoms with van der Waals surface area (Å²) < 4.78 is 5.16. The van der Waals surface area contributed by atoms with Crippen molar-refractivity contribution in [2.45, 2.75) is 58.6 Å². The summed E-state index contributed by atoms with van der Waals surface area (Å²) in [6, 6.07) is 0.168. The fraction of sp³-hybridized carbons (Fsp3) is 0.625. The van der Waals surface area contributed by atoms with Crippen LogP contribution in [-0.2, 0) is 9.53 Å². The van der Waals surface area contributed by atoms with Crippen molar-refractivity contribution in [3.63, 3.8) is 0 Å². The number of esters is 1. The molecule has 1 saturated carbocycles. The van der Waals surface area contributed by atoms with Crippen molar-refractivity contribution in [3.05, 3.63) is 23.8 Å². The van der Waals surface area contributed by atoms with Crippen LogP contribution >= 0.6 is 0 Å². The average molecular weight is 305 g/mol. The first-order chi connectivity index (χ1) is 10.5. The van der Waals surface area contributed by atoms with Crippen LogP contribution in [0.25, 0.3) is 0 Å². The van der Waals surface area contributed by atoms with Crippen LogP contribution in [0.5, 0.6) is 0 Å². The highest BCUT2D eigenvalue weighted by Crippen LogP contribution is 2.23. The van der Waals surface area contributed by atoms with Crippen LogP contribution in [0.3, 0.4) is 0 Å². The minimum absolute atomic E-state index is 0.108. The van der Waals surface area contributed by atoms with Crippen molar-refractivity contribution in [2.24, 2.45) is 5.92 Å². The van der Waals surface area contributed by atoms with Gasteiger partial charge in [0.15, 0.2) is 11.8 Å². The lowest BCUT2D eigenvalue weighted by Crippen LogP contribution is -2.46. The SMILES string of the molecule is Cc1cnc(C(=O)O[C@H](C)C(=O)N[C@@H]2CCCC[C@H]2C)cn1. The number of aryl methyl sites for hydroxylation is 1. The van der Waals surface area contributed by atoms with Crippen LogP contribution in [-0.4, -0.2) is 34.0 Å². The van der Waals surface area contributed by atoms with Gasteiger partial charge in [-0.1, -0.05) is 19.8 Å². The monoisotopic (exact) mass is 305 g/mol. The van der Waals surface area contributed by atoms with Crippen LogP contribution in [0.15, 0.2) is 12.4 Å². The molecule has 2 rings (SSSR count). The first kappa shape index (κ1) is 16.4. The molecule has 1 aliphatic rings. The third-order valence-corrected chi connectivity index (χ3v) is 4.08. The van der Waals surface area contributed by atoms with Gasteiger partial charge in [-0.25, -0.2) is 9.78 Å². The number of hydrogen-bond donors (Lipinski definition) is 1. The van der Waals surface area contributed by atoms with Crippen LogP contribution in [0.2, 0.25) is 0 Å². The normalized spacial score (nSPS) is 22.7. The van der Waals surface area contributed by atoms with Gasteiger partial charge < -0.3 is 10.1 Å². The smallest absolute Gasteiger partial charge is 0.359 e. The minimum atomic E-state index is -0.843. The van der Waals surface area contributed by atoms with Gasteiger partial charge >= 0.3 is 5.97 Å². The van der Waals surface area contributed by atoms with Crippen molar-refractivity contribution < 1.29 is 14.3 Å². The number of nitrogens with one attached hydrogen (secondary N) is 1. The summed E-state index contributed by atoms with van der Waals surface area (Å²) in [5, 5.41) is 2.98. The van der Waals surface area contributed by atoms with Crippen molar-refractivity contribution in [3.8, 4) is 0 Å². The van der Waals surface area contributed by atoms with Gasteiger partial charge in [0, 0.05) is 12.2 Å². The zero-order valence-corrected chi connectivity index (χ0v) is 13.3. The number of hydrogen-bond acceptors (Lipinski definition) is 5. The molecule has 1 heterocycles. The predicted octanol–water partition coefficient (Wildman–Crippen LogP) is 2.03. The molecule has 0 aromatic carbocycles. The van der Waals surface area contributed by atoms with Crippen molar-refractivity contribution >= 4 is 11.9 Å². The molecule has 6 nitrogen and oxygen atoms in total. The van der Waals surface area contributed by atoms with E-state index in [0.717, 1.165) is 19.3 Å². The topological polar surface area (TPSA) is 81.2 Å². The molecule has 0 saturated heterocycles. The van der Waals surface area contributed by atoms with E-state index < -0.39 is 12.1 Å². The molecule has 0 aliphatic heterocycles. The number of rotatable bonds is 4. The first-order valence-electron chi connectivity index (χ1n) is 7.77. The van der Waals surface area contributed by atoms with E-state index in [0.29, 0.717) is 11.6 Å². The molecule has 120 valence electrons. The maximum Gasteiger partial charge on any atom is 0.359 e. The number of carbonyl (C=O) groups excluding carboxylic acids is 2. The standard InChI is InChI=1S/C16H23N3O3/c1-10-6-4-5-7-13(10)19-15(20)12(3)22-16(21)14-9-17-11(2)8-18-14/h8-10,12-13H,4-7H2,1-3H3,(H,19,20)/t10-,12-,13-/m1/s1. The molecule has 3 atom stereocenters. The first-order valence-corrected chi connectivity index (χ1v) is 7.77. The lowest BCUT2D eigenvalue weighted by atomic mass is 9.86. The molecule has 6 heteroatoms. The van der Waals surface area contributed by atoms with E-state index in [4.69, 9.17) is 4.74 Å². The van der Waals surface area contributed by atoms with Crippen molar-refractivity contribution in [2.75, 3.05) is 0 Å². The Balaban J connectivity index is 1.87. The summed E-state index contributed by atoms with van der Waals surface area (Å²) in [5.41, 5.74) is 0.824. The summed E-state index contributed by atoms with van der Waals surface area (Å²) in [4.78, 5) is 32.0. The van der Waals surface area contributed by atoms with E-state index in [1.54, 1.807) is 13.8 Å². The molecule has 1 fully saturated rings. The Morgan fingerprint density at radius 2 is 2.00 bits per heavy atom. The predicted molar refractivity (Wildman–Crippen MR) is 81.2 cm³/mol. The molecule has 0 radical (unpaired) electrons. The zero-order valence-electron chi connectivity index (χ0n) is 13.3. The quantitative estimate of drug-likeness (QED) is 0.861. The Kier molecular flexibility index (Phi) is 5.46. The Morgan fingerprint density at radius 1 is 1.27 bits per heavy atom. The molecule has 0 spiro atoms. The minimum Gasteiger partial charge on any atom is -0.448 e. The highest BCUT2D eigenvalue weighted by Gasteiger charge is 2.26. The second kappa shape index (κ2) is 7.33. The van der Waals surface area contributed by atoms with Crippen molar-refractivity contribution in [1.82, 2.24) is 15.3 Å². The maximum absolute atomic E-state index is 12.2. The maximum atomic E-state index is 12.2. The highest BCUT2D eigenvalue weighted by molar-refractivity contribution is 5.90. The van der Waals surface area contributed by atoms with Crippen LogP contribution in [0.1, 0.15) is 55.7 Å². The third-order valence-electron chi connectivity index (χ3n) is 4.08. The van der Waals surface area contributed by atoms with E-state index >= 15 is 0 Å². The highest BCUT2D eigenvalue weighted by atomic mass is 16.5. The zero-order chi connectivity index (χ0) is 16.1. The number of nitrogens with zero attached hydrogens (tertiary/aromatic N) is 2. The number of amides is 1. The van der Waals surface area contributed by atoms with Gasteiger partial charge in [-0.15, -0.1) is 0 Å². The van der Waals surface area contributed by atoms with E-state index in [2.05, 4.69) is 22.2 Å². The van der Waals surface area contributed by atoms with Gasteiger partial charge in [-0.05, 0) is 32.6 Å². The Labute approximate surface area is 130 Å². The summed E-state index contributed by atoms with van der Waals surface area (Å²) >= 11 is 0. The summed E-state index contributed by atoms with van der Waals surface area (Å²) in [7, 11) is 0. The summed E-state index contributed by atoms with van der Waals surface area (Å²) in [6.45, 7) is 5.49. The number of aromatic nitrogens is 2. The number of carbonyl (C=O) groups is 2. The average Bonchev–Trinajstić information content (AvgIpc) is 2.50. The molecule has 1 aromatic heterocycles. The van der Waals surface area contributed by atoms with Gasteiger partial charge in [0.25, 0.3) is 5.91 Å². The van der Waals surface area contributed by atoms with Gasteiger partial charge in [0.05, 0.1) is 11.9 Å². The molecular formula is C16H23N3O3. The molecule has 22 heavy (non-hydrogen) atoms. The van der Waals surface area contributed by atoms with Gasteiger partial charge in [-0.2, -0.15) is 0 Å². The van der Waals surface area contributed by atoms with Crippen molar-refractivity contribution in [1.29, 1.82) is 0 Å². The molecule has 1 aliphatic carbocycles. The second-order valence-corrected chi connectivity index (χ2v) is 5.97. The van der Waals surface area contributed by atoms with E-state index in [1.165, 1.54) is 18.8 Å². The summed E-state index contributed by atoms with van der Waals surface area (Å²) in [6.07, 6.45) is 6.45. The van der Waals surface area contributed by atoms with Gasteiger partial charge in [0.1, 0.15) is 0 Å². The van der Waals surface area contributed by atoms with Crippen LogP contribution in [0.4, 0.5) is 0 Å². The molecule has 0 unspecified atom stereocenters. The third kappa shape index (κ3) is 4.26. The van der Waals surface area contributed by atoms with Gasteiger partial charge in [-0.3, -0.25) is 9.78 Å². The number of ether oxygens (including phenoxy) is 1. The molecule has 1 N–H and O–H groups in total. The van der Waals surface area contributed by atoms with E-state index in [-0.39, 0.29) is 17.6 Å².